The normalized spacial score (nSPS) is 11.1. The second-order valence-electron chi connectivity index (χ2n) is 4.57. The lowest BCUT2D eigenvalue weighted by Crippen LogP contribution is -2.44. The van der Waals surface area contributed by atoms with E-state index in [0.29, 0.717) is 16.6 Å². The minimum absolute atomic E-state index is 0.0106. The molecule has 0 atom stereocenters. The quantitative estimate of drug-likeness (QED) is 0.873. The van der Waals surface area contributed by atoms with Crippen molar-refractivity contribution in [3.8, 4) is 0 Å². The van der Waals surface area contributed by atoms with Gasteiger partial charge in [-0.25, -0.2) is 4.98 Å². The molecule has 0 aliphatic carbocycles. The maximum Gasteiger partial charge on any atom is 0.303 e. The number of carboxylic acid groups (broad SMARTS) is 1. The topological polar surface area (TPSA) is 79.3 Å². The van der Waals surface area contributed by atoms with Crippen LogP contribution >= 0.6 is 15.9 Å². The molecule has 1 aromatic rings. The zero-order valence-corrected chi connectivity index (χ0v) is 11.8. The fourth-order valence-electron chi connectivity index (χ4n) is 1.40. The maximum atomic E-state index is 12.0. The lowest BCUT2D eigenvalue weighted by atomic mass is 9.98. The number of aromatic nitrogens is 1. The molecule has 0 saturated heterocycles. The fourth-order valence-corrected chi connectivity index (χ4v) is 1.84. The SMILES string of the molecule is CC(C)(CCC(=O)O)NC(=O)c1ncccc1Br. The lowest BCUT2D eigenvalue weighted by molar-refractivity contribution is -0.137. The van der Waals surface area contributed by atoms with Crippen LogP contribution in [0.2, 0.25) is 0 Å². The molecular formula is C12H15BrN2O3. The van der Waals surface area contributed by atoms with Gasteiger partial charge in [0.25, 0.3) is 5.91 Å². The molecule has 1 aromatic heterocycles. The van der Waals surface area contributed by atoms with E-state index in [1.807, 2.05) is 0 Å². The highest BCUT2D eigenvalue weighted by Crippen LogP contribution is 2.16. The Bertz CT molecular complexity index is 460. The molecule has 1 amide bonds. The Kier molecular flexibility index (Phi) is 4.84. The van der Waals surface area contributed by atoms with Crippen LogP contribution in [0.4, 0.5) is 0 Å². The van der Waals surface area contributed by atoms with E-state index in [-0.39, 0.29) is 12.3 Å². The number of carboxylic acids is 1. The highest BCUT2D eigenvalue weighted by molar-refractivity contribution is 9.10. The molecule has 6 heteroatoms. The highest BCUT2D eigenvalue weighted by atomic mass is 79.9. The van der Waals surface area contributed by atoms with Gasteiger partial charge < -0.3 is 10.4 Å². The van der Waals surface area contributed by atoms with Crippen LogP contribution < -0.4 is 5.32 Å². The third kappa shape index (κ3) is 4.44. The van der Waals surface area contributed by atoms with Crippen molar-refractivity contribution < 1.29 is 14.7 Å². The van der Waals surface area contributed by atoms with Crippen LogP contribution in [0.15, 0.2) is 22.8 Å². The average Bonchev–Trinajstić information content (AvgIpc) is 2.26. The minimum atomic E-state index is -0.878. The molecule has 0 aromatic carbocycles. The Morgan fingerprint density at radius 3 is 2.72 bits per heavy atom. The molecule has 0 bridgehead atoms. The Labute approximate surface area is 114 Å². The summed E-state index contributed by atoms with van der Waals surface area (Å²) in [5.74, 6) is -1.20. The van der Waals surface area contributed by atoms with Gasteiger partial charge in [-0.05, 0) is 48.3 Å². The molecule has 0 saturated carbocycles. The standard InChI is InChI=1S/C12H15BrN2O3/c1-12(2,6-5-9(16)17)15-11(18)10-8(13)4-3-7-14-10/h3-4,7H,5-6H2,1-2H3,(H,15,18)(H,16,17). The highest BCUT2D eigenvalue weighted by Gasteiger charge is 2.23. The number of nitrogens with zero attached hydrogens (tertiary/aromatic N) is 1. The van der Waals surface area contributed by atoms with Crippen molar-refractivity contribution in [3.05, 3.63) is 28.5 Å². The van der Waals surface area contributed by atoms with Crippen molar-refractivity contribution in [3.63, 3.8) is 0 Å². The zero-order valence-electron chi connectivity index (χ0n) is 10.2. The van der Waals surface area contributed by atoms with Crippen LogP contribution in [-0.4, -0.2) is 27.5 Å². The first kappa shape index (κ1) is 14.6. The van der Waals surface area contributed by atoms with E-state index in [1.165, 1.54) is 6.20 Å². The Morgan fingerprint density at radius 2 is 2.17 bits per heavy atom. The van der Waals surface area contributed by atoms with Gasteiger partial charge in [-0.3, -0.25) is 9.59 Å². The van der Waals surface area contributed by atoms with E-state index in [2.05, 4.69) is 26.2 Å². The predicted octanol–water partition coefficient (Wildman–Crippen LogP) is 2.22. The van der Waals surface area contributed by atoms with Gasteiger partial charge in [0, 0.05) is 22.6 Å². The molecule has 1 heterocycles. The van der Waals surface area contributed by atoms with E-state index >= 15 is 0 Å². The molecule has 0 fully saturated rings. The lowest BCUT2D eigenvalue weighted by Gasteiger charge is -2.25. The molecule has 5 nitrogen and oxygen atoms in total. The van der Waals surface area contributed by atoms with Gasteiger partial charge in [0.2, 0.25) is 0 Å². The molecule has 98 valence electrons. The molecule has 0 aliphatic rings. The van der Waals surface area contributed by atoms with E-state index in [9.17, 15) is 9.59 Å². The number of carbonyl (C=O) groups is 2. The number of hydrogen-bond acceptors (Lipinski definition) is 3. The van der Waals surface area contributed by atoms with Gasteiger partial charge in [0.1, 0.15) is 5.69 Å². The maximum absolute atomic E-state index is 12.0. The van der Waals surface area contributed by atoms with Crippen molar-refractivity contribution in [2.45, 2.75) is 32.2 Å². The summed E-state index contributed by atoms with van der Waals surface area (Å²) in [4.78, 5) is 26.5. The van der Waals surface area contributed by atoms with Crippen molar-refractivity contribution >= 4 is 27.8 Å². The molecule has 1 rings (SSSR count). The Balaban J connectivity index is 2.69. The summed E-state index contributed by atoms with van der Waals surface area (Å²) in [6, 6.07) is 3.45. The van der Waals surface area contributed by atoms with Gasteiger partial charge in [0.15, 0.2) is 0 Å². The fraction of sp³-hybridized carbons (Fsp3) is 0.417. The van der Waals surface area contributed by atoms with Crippen molar-refractivity contribution in [2.24, 2.45) is 0 Å². The van der Waals surface area contributed by atoms with Gasteiger partial charge in [-0.1, -0.05) is 0 Å². The third-order valence-electron chi connectivity index (χ3n) is 2.39. The van der Waals surface area contributed by atoms with Gasteiger partial charge >= 0.3 is 5.97 Å². The smallest absolute Gasteiger partial charge is 0.303 e. The Morgan fingerprint density at radius 1 is 1.50 bits per heavy atom. The number of aliphatic carboxylic acids is 1. The van der Waals surface area contributed by atoms with Crippen LogP contribution in [0.5, 0.6) is 0 Å². The average molecular weight is 315 g/mol. The molecular weight excluding hydrogens is 300 g/mol. The van der Waals surface area contributed by atoms with Crippen molar-refractivity contribution in [2.75, 3.05) is 0 Å². The van der Waals surface area contributed by atoms with E-state index in [0.717, 1.165) is 0 Å². The number of hydrogen-bond donors (Lipinski definition) is 2. The second kappa shape index (κ2) is 5.95. The van der Waals surface area contributed by atoms with Gasteiger partial charge in [-0.15, -0.1) is 0 Å². The molecule has 18 heavy (non-hydrogen) atoms. The largest absolute Gasteiger partial charge is 0.481 e. The zero-order chi connectivity index (χ0) is 13.8. The van der Waals surface area contributed by atoms with E-state index in [1.54, 1.807) is 26.0 Å². The van der Waals surface area contributed by atoms with Crippen molar-refractivity contribution in [1.29, 1.82) is 0 Å². The first-order valence-electron chi connectivity index (χ1n) is 5.47. The molecule has 0 aliphatic heterocycles. The molecule has 2 N–H and O–H groups in total. The summed E-state index contributed by atoms with van der Waals surface area (Å²) in [6.07, 6.45) is 1.90. The number of amides is 1. The minimum Gasteiger partial charge on any atom is -0.481 e. The number of carbonyl (C=O) groups excluding carboxylic acids is 1. The summed E-state index contributed by atoms with van der Waals surface area (Å²) in [7, 11) is 0. The van der Waals surface area contributed by atoms with Crippen LogP contribution in [-0.2, 0) is 4.79 Å². The van der Waals surface area contributed by atoms with E-state index < -0.39 is 11.5 Å². The Hall–Kier alpha value is -1.43. The number of pyridine rings is 1. The van der Waals surface area contributed by atoms with Crippen LogP contribution in [0.3, 0.4) is 0 Å². The summed E-state index contributed by atoms with van der Waals surface area (Å²) in [6.45, 7) is 3.56. The first-order chi connectivity index (χ1) is 8.32. The summed E-state index contributed by atoms with van der Waals surface area (Å²) >= 11 is 3.25. The van der Waals surface area contributed by atoms with Crippen LogP contribution in [0.1, 0.15) is 37.2 Å². The molecule has 0 radical (unpaired) electrons. The number of rotatable bonds is 5. The number of nitrogens with one attached hydrogen (secondary N) is 1. The summed E-state index contributed by atoms with van der Waals surface area (Å²) in [5.41, 5.74) is -0.298. The van der Waals surface area contributed by atoms with Gasteiger partial charge in [0.05, 0.1) is 0 Å². The molecule has 0 spiro atoms. The monoisotopic (exact) mass is 314 g/mol. The van der Waals surface area contributed by atoms with Crippen LogP contribution in [0, 0.1) is 0 Å². The molecule has 0 unspecified atom stereocenters. The van der Waals surface area contributed by atoms with Crippen molar-refractivity contribution in [1.82, 2.24) is 10.3 Å². The predicted molar refractivity (Wildman–Crippen MR) is 70.4 cm³/mol. The summed E-state index contributed by atoms with van der Waals surface area (Å²) in [5, 5.41) is 11.4. The first-order valence-corrected chi connectivity index (χ1v) is 6.26. The van der Waals surface area contributed by atoms with Gasteiger partial charge in [-0.2, -0.15) is 0 Å². The third-order valence-corrected chi connectivity index (χ3v) is 3.03. The van der Waals surface area contributed by atoms with E-state index in [4.69, 9.17) is 5.11 Å². The second-order valence-corrected chi connectivity index (χ2v) is 5.42. The number of halogens is 1. The summed E-state index contributed by atoms with van der Waals surface area (Å²) < 4.78 is 0.608. The van der Waals surface area contributed by atoms with Crippen LogP contribution in [0.25, 0.3) is 0 Å².